The molecule has 0 aromatic rings. The van der Waals surface area contributed by atoms with E-state index < -0.39 is 7.26 Å². The average molecular weight is 140 g/mol. The van der Waals surface area contributed by atoms with Gasteiger partial charge in [0.15, 0.2) is 0 Å². The Bertz CT molecular complexity index is 128. The van der Waals surface area contributed by atoms with Crippen molar-refractivity contribution in [1.82, 2.24) is 0 Å². The Morgan fingerprint density at radius 2 is 1.00 bits per heavy atom. The van der Waals surface area contributed by atoms with E-state index in [4.69, 9.17) is 0 Å². The summed E-state index contributed by atoms with van der Waals surface area (Å²) in [5.74, 6) is 0. The fourth-order valence-corrected chi connectivity index (χ4v) is 5.50. The maximum atomic E-state index is 2.39. The molecule has 0 fully saturated rings. The van der Waals surface area contributed by atoms with E-state index >= 15 is 0 Å². The first-order chi connectivity index (χ1) is 4.41. The molecule has 0 aromatic heterocycles. The Morgan fingerprint density at radius 3 is 1.33 bits per heavy atom. The molecule has 0 amide bonds. The Labute approximate surface area is 57.0 Å². The Hall–Kier alpha value is -0.0900. The van der Waals surface area contributed by atoms with Crippen LogP contribution >= 0.6 is 7.26 Å². The third-order valence-electron chi connectivity index (χ3n) is 2.54. The fraction of sp³-hybridized carbons (Fsp3) is 0.500. The SMILES string of the molecule is C1=CC[PH]2(C1)CC=CC2. The number of hydrogen-bond donors (Lipinski definition) is 0. The van der Waals surface area contributed by atoms with E-state index in [1.54, 1.807) is 0 Å². The predicted octanol–water partition coefficient (Wildman–Crippen LogP) is 1.88. The van der Waals surface area contributed by atoms with Gasteiger partial charge in [-0.3, -0.25) is 0 Å². The summed E-state index contributed by atoms with van der Waals surface area (Å²) < 4.78 is 0. The molecule has 2 aliphatic rings. The van der Waals surface area contributed by atoms with Crippen LogP contribution in [0, 0.1) is 0 Å². The van der Waals surface area contributed by atoms with Crippen LogP contribution in [-0.2, 0) is 0 Å². The second-order valence-electron chi connectivity index (χ2n) is 3.26. The van der Waals surface area contributed by atoms with E-state index in [0.29, 0.717) is 0 Å². The quantitative estimate of drug-likeness (QED) is 0.356. The molecule has 0 N–H and O–H groups in total. The van der Waals surface area contributed by atoms with Crippen LogP contribution in [0.2, 0.25) is 0 Å². The van der Waals surface area contributed by atoms with Crippen molar-refractivity contribution in [3.63, 3.8) is 0 Å². The zero-order valence-corrected chi connectivity index (χ0v) is 6.64. The second-order valence-corrected chi connectivity index (χ2v) is 7.89. The van der Waals surface area contributed by atoms with Gasteiger partial charge in [-0.05, 0) is 0 Å². The molecule has 0 atom stereocenters. The van der Waals surface area contributed by atoms with Gasteiger partial charge in [0.25, 0.3) is 0 Å². The zero-order valence-electron chi connectivity index (χ0n) is 5.64. The average Bonchev–Trinajstić information content (AvgIpc) is 2.45. The summed E-state index contributed by atoms with van der Waals surface area (Å²) in [6, 6.07) is 0. The first kappa shape index (κ1) is 5.68. The molecule has 2 aliphatic heterocycles. The molecule has 9 heavy (non-hydrogen) atoms. The normalized spacial score (nSPS) is 32.0. The van der Waals surface area contributed by atoms with Crippen molar-refractivity contribution in [3.05, 3.63) is 24.3 Å². The summed E-state index contributed by atoms with van der Waals surface area (Å²) >= 11 is 0. The van der Waals surface area contributed by atoms with Crippen LogP contribution < -0.4 is 0 Å². The van der Waals surface area contributed by atoms with Gasteiger partial charge < -0.3 is 0 Å². The zero-order chi connectivity index (χ0) is 6.16. The van der Waals surface area contributed by atoms with E-state index in [-0.39, 0.29) is 0 Å². The Balaban J connectivity index is 2.11. The van der Waals surface area contributed by atoms with Gasteiger partial charge in [0.2, 0.25) is 0 Å². The van der Waals surface area contributed by atoms with Gasteiger partial charge in [0.05, 0.1) is 0 Å². The third-order valence-corrected chi connectivity index (χ3v) is 6.94. The number of rotatable bonds is 0. The van der Waals surface area contributed by atoms with Crippen LogP contribution in [0.3, 0.4) is 0 Å². The minimum atomic E-state index is -0.691. The molecule has 1 heteroatoms. The van der Waals surface area contributed by atoms with E-state index in [1.807, 2.05) is 0 Å². The third kappa shape index (κ3) is 0.861. The minimum absolute atomic E-state index is 0.691. The Morgan fingerprint density at radius 1 is 0.667 bits per heavy atom. The van der Waals surface area contributed by atoms with E-state index in [9.17, 15) is 0 Å². The predicted molar refractivity (Wildman–Crippen MR) is 46.1 cm³/mol. The molecule has 0 nitrogen and oxygen atoms in total. The van der Waals surface area contributed by atoms with E-state index in [1.165, 1.54) is 24.6 Å². The molecule has 0 unspecified atom stereocenters. The van der Waals surface area contributed by atoms with Crippen molar-refractivity contribution < 1.29 is 0 Å². The molecule has 0 saturated heterocycles. The summed E-state index contributed by atoms with van der Waals surface area (Å²) in [4.78, 5) is 0. The standard InChI is InChI=1S/C8H13P/c1-2-6-9(5-1)7-3-4-8-9/h1-4,9H,5-8H2. The monoisotopic (exact) mass is 140 g/mol. The van der Waals surface area contributed by atoms with Gasteiger partial charge in [0, 0.05) is 0 Å². The van der Waals surface area contributed by atoms with Crippen molar-refractivity contribution in [2.24, 2.45) is 0 Å². The molecule has 50 valence electrons. The molecule has 2 rings (SSSR count). The molecule has 0 aliphatic carbocycles. The molecular weight excluding hydrogens is 127 g/mol. The number of hydrogen-bond acceptors (Lipinski definition) is 0. The summed E-state index contributed by atoms with van der Waals surface area (Å²) in [5.41, 5.74) is 0. The molecule has 0 aromatic carbocycles. The van der Waals surface area contributed by atoms with Crippen molar-refractivity contribution in [2.75, 3.05) is 24.6 Å². The van der Waals surface area contributed by atoms with Gasteiger partial charge in [-0.2, -0.15) is 0 Å². The summed E-state index contributed by atoms with van der Waals surface area (Å²) in [6.45, 7) is 0. The first-order valence-electron chi connectivity index (χ1n) is 3.71. The fourth-order valence-electron chi connectivity index (χ4n) is 1.83. The molecule has 0 bridgehead atoms. The van der Waals surface area contributed by atoms with Gasteiger partial charge in [-0.15, -0.1) is 0 Å². The molecule has 0 saturated carbocycles. The van der Waals surface area contributed by atoms with Gasteiger partial charge in [-0.25, -0.2) is 0 Å². The van der Waals surface area contributed by atoms with Crippen molar-refractivity contribution in [3.8, 4) is 0 Å². The van der Waals surface area contributed by atoms with Gasteiger partial charge in [-0.1, -0.05) is 0 Å². The first-order valence-corrected chi connectivity index (χ1v) is 6.54. The van der Waals surface area contributed by atoms with Crippen LogP contribution in [0.4, 0.5) is 0 Å². The van der Waals surface area contributed by atoms with E-state index in [2.05, 4.69) is 24.3 Å². The van der Waals surface area contributed by atoms with Crippen molar-refractivity contribution >= 4 is 7.26 Å². The van der Waals surface area contributed by atoms with Crippen molar-refractivity contribution in [2.45, 2.75) is 0 Å². The molecule has 2 heterocycles. The van der Waals surface area contributed by atoms with Crippen LogP contribution in [0.15, 0.2) is 24.3 Å². The molecule has 0 radical (unpaired) electrons. The summed E-state index contributed by atoms with van der Waals surface area (Å²) in [5, 5.41) is 0. The summed E-state index contributed by atoms with van der Waals surface area (Å²) in [6.07, 6.45) is 15.4. The van der Waals surface area contributed by atoms with Crippen LogP contribution in [0.1, 0.15) is 0 Å². The maximum absolute atomic E-state index is 2.39. The van der Waals surface area contributed by atoms with Gasteiger partial charge >= 0.3 is 56.2 Å². The summed E-state index contributed by atoms with van der Waals surface area (Å²) in [7, 11) is -0.691. The van der Waals surface area contributed by atoms with Crippen LogP contribution in [-0.4, -0.2) is 24.6 Å². The number of allylic oxidation sites excluding steroid dienone is 4. The molecular formula is C8H13P. The topological polar surface area (TPSA) is 0 Å². The van der Waals surface area contributed by atoms with Crippen LogP contribution in [0.5, 0.6) is 0 Å². The van der Waals surface area contributed by atoms with Gasteiger partial charge in [0.1, 0.15) is 0 Å². The second kappa shape index (κ2) is 1.95. The van der Waals surface area contributed by atoms with Crippen LogP contribution in [0.25, 0.3) is 0 Å². The van der Waals surface area contributed by atoms with Crippen molar-refractivity contribution in [1.29, 1.82) is 0 Å². The molecule has 1 spiro atoms. The van der Waals surface area contributed by atoms with E-state index in [0.717, 1.165) is 0 Å². The Kier molecular flexibility index (Phi) is 1.23.